The summed E-state index contributed by atoms with van der Waals surface area (Å²) in [4.78, 5) is 11.9. The summed E-state index contributed by atoms with van der Waals surface area (Å²) in [5.74, 6) is -0.608. The van der Waals surface area contributed by atoms with Crippen LogP contribution in [-0.2, 0) is 10.0 Å². The summed E-state index contributed by atoms with van der Waals surface area (Å²) in [6, 6.07) is 6.71. The van der Waals surface area contributed by atoms with E-state index in [4.69, 9.17) is 28.3 Å². The lowest BCUT2D eigenvalue weighted by molar-refractivity contribution is 0.102. The van der Waals surface area contributed by atoms with Crippen molar-refractivity contribution < 1.29 is 13.2 Å². The minimum atomic E-state index is -3.86. The number of nitrogens with one attached hydrogen (secondary N) is 1. The van der Waals surface area contributed by atoms with Gasteiger partial charge in [-0.1, -0.05) is 29.3 Å². The molecule has 0 bridgehead atoms. The highest BCUT2D eigenvalue weighted by atomic mass is 35.5. The van der Waals surface area contributed by atoms with Crippen LogP contribution in [0.2, 0.25) is 10.3 Å². The van der Waals surface area contributed by atoms with Crippen molar-refractivity contribution in [3.63, 3.8) is 0 Å². The monoisotopic (exact) mass is 346 g/mol. The molecule has 2 aromatic rings. The lowest BCUT2D eigenvalue weighted by Crippen LogP contribution is -2.15. The van der Waals surface area contributed by atoms with Gasteiger partial charge in [-0.15, -0.1) is 10.2 Å². The number of carbonyl (C=O) groups is 1. The summed E-state index contributed by atoms with van der Waals surface area (Å²) < 4.78 is 22.5. The zero-order chi connectivity index (χ0) is 15.6. The fraction of sp³-hybridized carbons (Fsp3) is 0. The highest BCUT2D eigenvalue weighted by Crippen LogP contribution is 2.19. The Kier molecular flexibility index (Phi) is 4.43. The first kappa shape index (κ1) is 15.6. The van der Waals surface area contributed by atoms with Crippen molar-refractivity contribution in [3.8, 4) is 0 Å². The maximum atomic E-state index is 12.0. The Morgan fingerprint density at radius 1 is 1.19 bits per heavy atom. The molecule has 0 fully saturated rings. The zero-order valence-corrected chi connectivity index (χ0v) is 12.6. The number of rotatable bonds is 3. The van der Waals surface area contributed by atoms with Crippen LogP contribution < -0.4 is 10.5 Å². The summed E-state index contributed by atoms with van der Waals surface area (Å²) in [6.45, 7) is 0. The molecular formula is C11H8Cl2N4O3S. The fourth-order valence-electron chi connectivity index (χ4n) is 1.46. The maximum Gasteiger partial charge on any atom is 0.258 e. The molecule has 0 saturated heterocycles. The van der Waals surface area contributed by atoms with Crippen molar-refractivity contribution in [3.05, 3.63) is 46.2 Å². The molecule has 10 heteroatoms. The SMILES string of the molecule is NS(=O)(=O)c1cccc(NC(=O)c2cc(Cl)nnc2Cl)c1. The van der Waals surface area contributed by atoms with Gasteiger partial charge in [-0.25, -0.2) is 13.6 Å². The van der Waals surface area contributed by atoms with E-state index < -0.39 is 15.9 Å². The van der Waals surface area contributed by atoms with Gasteiger partial charge in [-0.05, 0) is 24.3 Å². The van der Waals surface area contributed by atoms with Crippen LogP contribution in [0, 0.1) is 0 Å². The molecule has 7 nitrogen and oxygen atoms in total. The van der Waals surface area contributed by atoms with Crippen LogP contribution in [-0.4, -0.2) is 24.5 Å². The molecule has 0 atom stereocenters. The second-order valence-electron chi connectivity index (χ2n) is 3.90. The lowest BCUT2D eigenvalue weighted by atomic mass is 10.2. The van der Waals surface area contributed by atoms with E-state index in [1.807, 2.05) is 0 Å². The molecular weight excluding hydrogens is 339 g/mol. The van der Waals surface area contributed by atoms with Gasteiger partial charge in [0.2, 0.25) is 10.0 Å². The van der Waals surface area contributed by atoms with E-state index in [1.165, 1.54) is 30.3 Å². The van der Waals surface area contributed by atoms with Gasteiger partial charge in [0.25, 0.3) is 5.91 Å². The van der Waals surface area contributed by atoms with Crippen molar-refractivity contribution in [1.29, 1.82) is 0 Å². The molecule has 2 rings (SSSR count). The maximum absolute atomic E-state index is 12.0. The van der Waals surface area contributed by atoms with Gasteiger partial charge in [0, 0.05) is 5.69 Å². The first-order valence-electron chi connectivity index (χ1n) is 5.40. The molecule has 1 amide bonds. The number of primary sulfonamides is 1. The van der Waals surface area contributed by atoms with Crippen molar-refractivity contribution in [2.45, 2.75) is 4.90 Å². The van der Waals surface area contributed by atoms with E-state index in [0.717, 1.165) is 0 Å². The molecule has 0 aliphatic carbocycles. The highest BCUT2D eigenvalue weighted by molar-refractivity contribution is 7.89. The Morgan fingerprint density at radius 3 is 2.57 bits per heavy atom. The van der Waals surface area contributed by atoms with Gasteiger partial charge < -0.3 is 5.32 Å². The fourth-order valence-corrected chi connectivity index (χ4v) is 2.35. The van der Waals surface area contributed by atoms with Crippen molar-refractivity contribution >= 4 is 44.8 Å². The summed E-state index contributed by atoms with van der Waals surface area (Å²) in [7, 11) is -3.86. The molecule has 0 spiro atoms. The number of sulfonamides is 1. The summed E-state index contributed by atoms with van der Waals surface area (Å²) in [5.41, 5.74) is 0.244. The average Bonchev–Trinajstić information content (AvgIpc) is 2.41. The number of hydrogen-bond donors (Lipinski definition) is 2. The molecule has 1 aromatic heterocycles. The van der Waals surface area contributed by atoms with Gasteiger partial charge in [0.05, 0.1) is 10.5 Å². The number of anilines is 1. The number of benzene rings is 1. The molecule has 0 aliphatic rings. The Bertz CT molecular complexity index is 811. The molecule has 21 heavy (non-hydrogen) atoms. The Labute approximate surface area is 130 Å². The number of nitrogens with zero attached hydrogens (tertiary/aromatic N) is 2. The summed E-state index contributed by atoms with van der Waals surface area (Å²) >= 11 is 11.4. The number of nitrogens with two attached hydrogens (primary N) is 1. The molecule has 1 heterocycles. The Morgan fingerprint density at radius 2 is 1.90 bits per heavy atom. The lowest BCUT2D eigenvalue weighted by Gasteiger charge is -2.07. The molecule has 0 unspecified atom stereocenters. The van der Waals surface area contributed by atoms with Crippen LogP contribution in [0.4, 0.5) is 5.69 Å². The van der Waals surface area contributed by atoms with Gasteiger partial charge in [0.15, 0.2) is 10.3 Å². The van der Waals surface area contributed by atoms with Crippen LogP contribution in [0.15, 0.2) is 35.2 Å². The van der Waals surface area contributed by atoms with E-state index in [9.17, 15) is 13.2 Å². The molecule has 3 N–H and O–H groups in total. The summed E-state index contributed by atoms with van der Waals surface area (Å²) in [6.07, 6.45) is 0. The van der Waals surface area contributed by atoms with E-state index in [2.05, 4.69) is 15.5 Å². The predicted octanol–water partition coefficient (Wildman–Crippen LogP) is 1.68. The van der Waals surface area contributed by atoms with E-state index in [0.29, 0.717) is 0 Å². The van der Waals surface area contributed by atoms with Crippen LogP contribution in [0.3, 0.4) is 0 Å². The van der Waals surface area contributed by atoms with Crippen molar-refractivity contribution in [2.24, 2.45) is 5.14 Å². The number of aromatic nitrogens is 2. The van der Waals surface area contributed by atoms with Crippen LogP contribution >= 0.6 is 23.2 Å². The second kappa shape index (κ2) is 5.94. The third-order valence-electron chi connectivity index (χ3n) is 2.38. The van der Waals surface area contributed by atoms with Gasteiger partial charge >= 0.3 is 0 Å². The smallest absolute Gasteiger partial charge is 0.258 e. The molecule has 0 saturated carbocycles. The molecule has 110 valence electrons. The third kappa shape index (κ3) is 3.88. The minimum Gasteiger partial charge on any atom is -0.322 e. The molecule has 1 aromatic carbocycles. The Hall–Kier alpha value is -1.74. The zero-order valence-electron chi connectivity index (χ0n) is 10.2. The van der Waals surface area contributed by atoms with Crippen LogP contribution in [0.5, 0.6) is 0 Å². The van der Waals surface area contributed by atoms with Gasteiger partial charge in [0.1, 0.15) is 0 Å². The highest BCUT2D eigenvalue weighted by Gasteiger charge is 2.15. The quantitative estimate of drug-likeness (QED) is 0.877. The second-order valence-corrected chi connectivity index (χ2v) is 6.21. The number of carbonyl (C=O) groups excluding carboxylic acids is 1. The van der Waals surface area contributed by atoms with E-state index in [1.54, 1.807) is 0 Å². The molecule has 0 radical (unpaired) electrons. The van der Waals surface area contributed by atoms with Crippen molar-refractivity contribution in [2.75, 3.05) is 5.32 Å². The number of amides is 1. The first-order chi connectivity index (χ1) is 9.77. The standard InChI is InChI=1S/C11H8Cl2N4O3S/c12-9-5-8(10(13)17-16-9)11(18)15-6-2-1-3-7(4-6)21(14,19)20/h1-5H,(H,15,18)(H2,14,19,20). The van der Waals surface area contributed by atoms with Crippen LogP contribution in [0.25, 0.3) is 0 Å². The van der Waals surface area contributed by atoms with E-state index >= 15 is 0 Å². The van der Waals surface area contributed by atoms with E-state index in [-0.39, 0.29) is 26.5 Å². The number of halogens is 2. The van der Waals surface area contributed by atoms with Gasteiger partial charge in [-0.2, -0.15) is 0 Å². The Balaban J connectivity index is 2.30. The predicted molar refractivity (Wildman–Crippen MR) is 77.8 cm³/mol. The average molecular weight is 347 g/mol. The first-order valence-corrected chi connectivity index (χ1v) is 7.70. The minimum absolute atomic E-state index is 0.00263. The van der Waals surface area contributed by atoms with Gasteiger partial charge in [-0.3, -0.25) is 4.79 Å². The van der Waals surface area contributed by atoms with Crippen molar-refractivity contribution in [1.82, 2.24) is 10.2 Å². The summed E-state index contributed by atoms with van der Waals surface area (Å²) in [5, 5.41) is 14.3. The normalized spacial score (nSPS) is 11.2. The largest absolute Gasteiger partial charge is 0.322 e. The third-order valence-corrected chi connectivity index (χ3v) is 3.76. The number of hydrogen-bond acceptors (Lipinski definition) is 5. The molecule has 0 aliphatic heterocycles. The van der Waals surface area contributed by atoms with Crippen LogP contribution in [0.1, 0.15) is 10.4 Å². The topological polar surface area (TPSA) is 115 Å².